The molecule has 0 bridgehead atoms. The predicted molar refractivity (Wildman–Crippen MR) is 48.6 cm³/mol. The minimum Gasteiger partial charge on any atom is -0.508 e. The topological polar surface area (TPSA) is 40.5 Å². The van der Waals surface area contributed by atoms with E-state index < -0.39 is 17.7 Å². The van der Waals surface area contributed by atoms with Gasteiger partial charge in [0.2, 0.25) is 0 Å². The summed E-state index contributed by atoms with van der Waals surface area (Å²) in [5, 5.41) is 18.1. The van der Waals surface area contributed by atoms with Crippen molar-refractivity contribution in [1.82, 2.24) is 0 Å². The number of alkyl halides is 3. The molecule has 15 heavy (non-hydrogen) atoms. The molecule has 84 valence electrons. The summed E-state index contributed by atoms with van der Waals surface area (Å²) >= 11 is 0. The Kier molecular flexibility index (Phi) is 3.24. The number of benzene rings is 1. The Balaban J connectivity index is 3.17. The number of aliphatic hydroxyl groups excluding tert-OH is 1. The van der Waals surface area contributed by atoms with Crippen molar-refractivity contribution in [3.05, 3.63) is 29.3 Å². The molecule has 0 aliphatic carbocycles. The summed E-state index contributed by atoms with van der Waals surface area (Å²) in [7, 11) is 0. The quantitative estimate of drug-likeness (QED) is 0.803. The summed E-state index contributed by atoms with van der Waals surface area (Å²) in [5.41, 5.74) is -0.720. The normalized spacial score (nSPS) is 13.9. The molecule has 1 unspecified atom stereocenters. The van der Waals surface area contributed by atoms with Crippen LogP contribution in [0.3, 0.4) is 0 Å². The van der Waals surface area contributed by atoms with Crippen molar-refractivity contribution in [2.45, 2.75) is 19.0 Å². The highest BCUT2D eigenvalue weighted by Crippen LogP contribution is 2.34. The molecular formula is C10H11F3O2. The Morgan fingerprint density at radius 3 is 2.40 bits per heavy atom. The summed E-state index contributed by atoms with van der Waals surface area (Å²) in [6.07, 6.45) is -4.43. The fourth-order valence-corrected chi connectivity index (χ4v) is 1.22. The Labute approximate surface area is 85.0 Å². The number of hydrogen-bond donors (Lipinski definition) is 2. The molecule has 0 aromatic heterocycles. The van der Waals surface area contributed by atoms with Crippen LogP contribution in [0.2, 0.25) is 0 Å². The fraction of sp³-hybridized carbons (Fsp3) is 0.400. The van der Waals surface area contributed by atoms with E-state index in [0.29, 0.717) is 0 Å². The zero-order valence-electron chi connectivity index (χ0n) is 8.04. The van der Waals surface area contributed by atoms with E-state index in [9.17, 15) is 18.3 Å². The van der Waals surface area contributed by atoms with Gasteiger partial charge in [0.05, 0.1) is 5.56 Å². The molecule has 0 fully saturated rings. The van der Waals surface area contributed by atoms with Gasteiger partial charge in [-0.3, -0.25) is 0 Å². The van der Waals surface area contributed by atoms with Gasteiger partial charge in [0.1, 0.15) is 5.75 Å². The minimum atomic E-state index is -4.43. The maximum absolute atomic E-state index is 12.3. The second-order valence-electron chi connectivity index (χ2n) is 3.35. The summed E-state index contributed by atoms with van der Waals surface area (Å²) in [5.74, 6) is -0.753. The van der Waals surface area contributed by atoms with Gasteiger partial charge in [-0.15, -0.1) is 0 Å². The lowest BCUT2D eigenvalue weighted by Crippen LogP contribution is -2.07. The van der Waals surface area contributed by atoms with Gasteiger partial charge in [-0.25, -0.2) is 0 Å². The fourth-order valence-electron chi connectivity index (χ4n) is 1.22. The SMILES string of the molecule is CC(CO)c1cc(C(F)(F)F)ccc1O. The van der Waals surface area contributed by atoms with Crippen LogP contribution in [0, 0.1) is 0 Å². The van der Waals surface area contributed by atoms with E-state index in [1.165, 1.54) is 6.92 Å². The second kappa shape index (κ2) is 4.10. The van der Waals surface area contributed by atoms with Crippen molar-refractivity contribution < 1.29 is 23.4 Å². The van der Waals surface area contributed by atoms with Crippen LogP contribution in [0.15, 0.2) is 18.2 Å². The lowest BCUT2D eigenvalue weighted by Gasteiger charge is -2.13. The van der Waals surface area contributed by atoms with Crippen LogP contribution in [-0.2, 0) is 6.18 Å². The number of phenols is 1. The highest BCUT2D eigenvalue weighted by molar-refractivity contribution is 5.39. The van der Waals surface area contributed by atoms with E-state index in [4.69, 9.17) is 5.11 Å². The molecule has 1 aromatic carbocycles. The van der Waals surface area contributed by atoms with E-state index in [0.717, 1.165) is 18.2 Å². The van der Waals surface area contributed by atoms with Crippen molar-refractivity contribution in [2.75, 3.05) is 6.61 Å². The van der Waals surface area contributed by atoms with Gasteiger partial charge in [-0.05, 0) is 23.8 Å². The number of phenolic OH excluding ortho intramolecular Hbond substituents is 1. The average Bonchev–Trinajstić information content (AvgIpc) is 2.15. The molecule has 0 amide bonds. The Morgan fingerprint density at radius 1 is 1.33 bits per heavy atom. The highest BCUT2D eigenvalue weighted by Gasteiger charge is 2.31. The van der Waals surface area contributed by atoms with Gasteiger partial charge >= 0.3 is 6.18 Å². The molecule has 5 heteroatoms. The van der Waals surface area contributed by atoms with E-state index in [-0.39, 0.29) is 17.9 Å². The smallest absolute Gasteiger partial charge is 0.416 e. The number of hydrogen-bond acceptors (Lipinski definition) is 2. The molecule has 0 saturated carbocycles. The summed E-state index contributed by atoms with van der Waals surface area (Å²) in [6, 6.07) is 2.66. The third-order valence-electron chi connectivity index (χ3n) is 2.16. The van der Waals surface area contributed by atoms with E-state index >= 15 is 0 Å². The maximum Gasteiger partial charge on any atom is 0.416 e. The molecule has 0 heterocycles. The molecule has 0 spiro atoms. The van der Waals surface area contributed by atoms with Crippen LogP contribution in [0.5, 0.6) is 5.75 Å². The first-order valence-corrected chi connectivity index (χ1v) is 4.37. The molecule has 2 nitrogen and oxygen atoms in total. The zero-order valence-corrected chi connectivity index (χ0v) is 8.04. The average molecular weight is 220 g/mol. The van der Waals surface area contributed by atoms with Gasteiger partial charge in [-0.2, -0.15) is 13.2 Å². The Hall–Kier alpha value is -1.23. The van der Waals surface area contributed by atoms with E-state index in [1.54, 1.807) is 0 Å². The van der Waals surface area contributed by atoms with Crippen molar-refractivity contribution in [3.8, 4) is 5.75 Å². The number of halogens is 3. The standard InChI is InChI=1S/C10H11F3O2/c1-6(5-14)8-4-7(10(11,12)13)2-3-9(8)15/h2-4,6,14-15H,5H2,1H3. The van der Waals surface area contributed by atoms with Gasteiger partial charge in [0.25, 0.3) is 0 Å². The van der Waals surface area contributed by atoms with Crippen molar-refractivity contribution in [3.63, 3.8) is 0 Å². The third-order valence-corrected chi connectivity index (χ3v) is 2.16. The molecule has 0 aliphatic heterocycles. The van der Waals surface area contributed by atoms with Crippen molar-refractivity contribution >= 4 is 0 Å². The highest BCUT2D eigenvalue weighted by atomic mass is 19.4. The predicted octanol–water partition coefficient (Wildman–Crippen LogP) is 2.51. The lowest BCUT2D eigenvalue weighted by atomic mass is 9.98. The van der Waals surface area contributed by atoms with Crippen LogP contribution in [-0.4, -0.2) is 16.8 Å². The molecule has 1 aromatic rings. The van der Waals surface area contributed by atoms with Crippen LogP contribution in [0.4, 0.5) is 13.2 Å². The first kappa shape index (κ1) is 11.8. The molecule has 0 saturated heterocycles. The van der Waals surface area contributed by atoms with Gasteiger partial charge in [0.15, 0.2) is 0 Å². The Bertz CT molecular complexity index is 347. The summed E-state index contributed by atoms with van der Waals surface area (Å²) in [6.45, 7) is 1.23. The molecule has 0 radical (unpaired) electrons. The Morgan fingerprint density at radius 2 is 1.93 bits per heavy atom. The van der Waals surface area contributed by atoms with Crippen LogP contribution in [0.1, 0.15) is 24.0 Å². The number of rotatable bonds is 2. The second-order valence-corrected chi connectivity index (χ2v) is 3.35. The maximum atomic E-state index is 12.3. The molecule has 2 N–H and O–H groups in total. The largest absolute Gasteiger partial charge is 0.508 e. The van der Waals surface area contributed by atoms with Gasteiger partial charge in [-0.1, -0.05) is 6.92 Å². The van der Waals surface area contributed by atoms with Crippen molar-refractivity contribution in [1.29, 1.82) is 0 Å². The van der Waals surface area contributed by atoms with E-state index in [1.807, 2.05) is 0 Å². The van der Waals surface area contributed by atoms with Crippen LogP contribution in [0.25, 0.3) is 0 Å². The zero-order chi connectivity index (χ0) is 11.6. The van der Waals surface area contributed by atoms with Crippen molar-refractivity contribution in [2.24, 2.45) is 0 Å². The monoisotopic (exact) mass is 220 g/mol. The minimum absolute atomic E-state index is 0.104. The van der Waals surface area contributed by atoms with E-state index in [2.05, 4.69) is 0 Å². The lowest BCUT2D eigenvalue weighted by molar-refractivity contribution is -0.137. The third kappa shape index (κ3) is 2.62. The van der Waals surface area contributed by atoms with Gasteiger partial charge in [0, 0.05) is 12.5 Å². The summed E-state index contributed by atoms with van der Waals surface area (Å²) < 4.78 is 37.0. The summed E-state index contributed by atoms with van der Waals surface area (Å²) in [4.78, 5) is 0. The van der Waals surface area contributed by atoms with Crippen LogP contribution < -0.4 is 0 Å². The molecule has 1 atom stereocenters. The molecule has 0 aliphatic rings. The first-order chi connectivity index (χ1) is 6.86. The molecular weight excluding hydrogens is 209 g/mol. The van der Waals surface area contributed by atoms with Crippen LogP contribution >= 0.6 is 0 Å². The number of aliphatic hydroxyl groups is 1. The molecule has 1 rings (SSSR count). The number of aromatic hydroxyl groups is 1. The van der Waals surface area contributed by atoms with Gasteiger partial charge < -0.3 is 10.2 Å². The first-order valence-electron chi connectivity index (χ1n) is 4.37.